The van der Waals surface area contributed by atoms with Crippen LogP contribution < -0.4 is 4.74 Å². The first-order chi connectivity index (χ1) is 12.6. The molecule has 4 nitrogen and oxygen atoms in total. The minimum absolute atomic E-state index is 0.0460. The number of carbonyl (C=O) groups excluding carboxylic acids is 1. The molecule has 0 saturated carbocycles. The second-order valence-corrected chi connectivity index (χ2v) is 6.02. The predicted molar refractivity (Wildman–Crippen MR) is 97.2 cm³/mol. The van der Waals surface area contributed by atoms with Crippen molar-refractivity contribution >= 4 is 6.09 Å². The predicted octanol–water partition coefficient (Wildman–Crippen LogP) is 4.10. The number of benzene rings is 1. The molecule has 0 atom stereocenters. The van der Waals surface area contributed by atoms with Crippen LogP contribution in [0.5, 0.6) is 5.75 Å². The molecule has 0 spiro atoms. The number of allylic oxidation sites excluding steroid dienone is 1. The van der Waals surface area contributed by atoms with Gasteiger partial charge in [-0.15, -0.1) is 0 Å². The Balaban J connectivity index is 1.54. The van der Waals surface area contributed by atoms with E-state index in [1.807, 2.05) is 31.2 Å². The summed E-state index contributed by atoms with van der Waals surface area (Å²) < 4.78 is 18.7. The molecule has 0 aliphatic carbocycles. The molecule has 1 aromatic carbocycles. The summed E-state index contributed by atoms with van der Waals surface area (Å²) in [6.07, 6.45) is 2.82. The molecule has 1 aliphatic heterocycles. The zero-order valence-corrected chi connectivity index (χ0v) is 14.5. The van der Waals surface area contributed by atoms with Crippen molar-refractivity contribution in [3.8, 4) is 17.6 Å². The van der Waals surface area contributed by atoms with Crippen molar-refractivity contribution in [3.63, 3.8) is 0 Å². The number of aromatic nitrogens is 1. The largest absolute Gasteiger partial charge is 0.415 e. The number of pyridine rings is 1. The Morgan fingerprint density at radius 1 is 1.19 bits per heavy atom. The first-order valence-corrected chi connectivity index (χ1v) is 8.46. The van der Waals surface area contributed by atoms with Gasteiger partial charge in [0.1, 0.15) is 5.69 Å². The third-order valence-electron chi connectivity index (χ3n) is 4.06. The van der Waals surface area contributed by atoms with E-state index in [-0.39, 0.29) is 5.75 Å². The Bertz CT molecular complexity index is 886. The molecule has 5 heteroatoms. The number of nitrogens with zero attached hydrogens (tertiary/aromatic N) is 2. The van der Waals surface area contributed by atoms with Crippen molar-refractivity contribution in [1.82, 2.24) is 9.88 Å². The molecule has 0 bridgehead atoms. The maximum absolute atomic E-state index is 13.6. The summed E-state index contributed by atoms with van der Waals surface area (Å²) in [5.41, 5.74) is 2.86. The van der Waals surface area contributed by atoms with E-state index in [9.17, 15) is 9.18 Å². The number of rotatable bonds is 1. The lowest BCUT2D eigenvalue weighted by molar-refractivity contribution is 0.147. The lowest BCUT2D eigenvalue weighted by atomic mass is 10.0. The molecule has 1 amide bonds. The number of halogens is 1. The van der Waals surface area contributed by atoms with Crippen LogP contribution in [0.25, 0.3) is 0 Å². The van der Waals surface area contributed by atoms with Gasteiger partial charge in [0.25, 0.3) is 0 Å². The molecule has 1 aliphatic rings. The zero-order valence-electron chi connectivity index (χ0n) is 14.5. The highest BCUT2D eigenvalue weighted by Gasteiger charge is 2.21. The molecule has 0 radical (unpaired) electrons. The van der Waals surface area contributed by atoms with Gasteiger partial charge < -0.3 is 9.64 Å². The van der Waals surface area contributed by atoms with Crippen LogP contribution in [0.2, 0.25) is 0 Å². The summed E-state index contributed by atoms with van der Waals surface area (Å²) in [4.78, 5) is 18.1. The number of aryl methyl sites for hydroxylation is 1. The quantitative estimate of drug-likeness (QED) is 0.727. The molecular weight excluding hydrogens is 331 g/mol. The van der Waals surface area contributed by atoms with Gasteiger partial charge in [0.05, 0.1) is 0 Å². The van der Waals surface area contributed by atoms with Crippen molar-refractivity contribution in [2.45, 2.75) is 19.8 Å². The smallest absolute Gasteiger partial charge is 0.407 e. The van der Waals surface area contributed by atoms with Crippen molar-refractivity contribution in [3.05, 3.63) is 71.3 Å². The van der Waals surface area contributed by atoms with Gasteiger partial charge in [-0.25, -0.2) is 14.2 Å². The summed E-state index contributed by atoms with van der Waals surface area (Å²) in [7, 11) is 0. The van der Waals surface area contributed by atoms with E-state index in [4.69, 9.17) is 4.74 Å². The summed E-state index contributed by atoms with van der Waals surface area (Å²) >= 11 is 0. The van der Waals surface area contributed by atoms with Gasteiger partial charge in [0.15, 0.2) is 11.6 Å². The lowest BCUT2D eigenvalue weighted by Crippen LogP contribution is -2.38. The zero-order chi connectivity index (χ0) is 18.4. The molecule has 2 heterocycles. The number of hydrogen-bond donors (Lipinski definition) is 0. The van der Waals surface area contributed by atoms with Crippen LogP contribution in [0.4, 0.5) is 9.18 Å². The molecule has 3 rings (SSSR count). The fraction of sp³-hybridized carbons (Fsp3) is 0.238. The molecule has 2 aromatic rings. The molecule has 1 aromatic heterocycles. The fourth-order valence-corrected chi connectivity index (χ4v) is 2.63. The normalized spacial score (nSPS) is 13.6. The van der Waals surface area contributed by atoms with Gasteiger partial charge >= 0.3 is 6.09 Å². The highest BCUT2D eigenvalue weighted by molar-refractivity contribution is 5.71. The first kappa shape index (κ1) is 17.7. The number of piperidine rings is 1. The standard InChI is InChI=1S/C21H19FN2O2/c1-16-6-4-8-18(23-16)9-5-7-17-12-14-24(15-13-17)21(25)26-20-11-3-2-10-19(20)22/h2-4,6-8,10-11H,12-15H2,1H3. The number of para-hydroxylation sites is 1. The summed E-state index contributed by atoms with van der Waals surface area (Å²) in [6, 6.07) is 11.6. The summed E-state index contributed by atoms with van der Waals surface area (Å²) in [5.74, 6) is 5.46. The molecule has 0 N–H and O–H groups in total. The monoisotopic (exact) mass is 350 g/mol. The van der Waals surface area contributed by atoms with E-state index in [0.717, 1.165) is 24.2 Å². The fourth-order valence-electron chi connectivity index (χ4n) is 2.63. The molecule has 26 heavy (non-hydrogen) atoms. The molecule has 132 valence electrons. The van der Waals surface area contributed by atoms with Gasteiger partial charge in [-0.05, 0) is 56.0 Å². The number of hydrogen-bond acceptors (Lipinski definition) is 3. The van der Waals surface area contributed by atoms with Gasteiger partial charge in [-0.2, -0.15) is 0 Å². The van der Waals surface area contributed by atoms with Crippen LogP contribution >= 0.6 is 0 Å². The van der Waals surface area contributed by atoms with Crippen molar-refractivity contribution in [2.75, 3.05) is 13.1 Å². The van der Waals surface area contributed by atoms with E-state index in [1.54, 1.807) is 17.0 Å². The average molecular weight is 350 g/mol. The van der Waals surface area contributed by atoms with Crippen LogP contribution in [0.1, 0.15) is 24.2 Å². The van der Waals surface area contributed by atoms with E-state index in [2.05, 4.69) is 16.8 Å². The van der Waals surface area contributed by atoms with Gasteiger partial charge in [0, 0.05) is 18.8 Å². The van der Waals surface area contributed by atoms with E-state index in [0.29, 0.717) is 13.1 Å². The molecule has 1 fully saturated rings. The molecular formula is C21H19FN2O2. The lowest BCUT2D eigenvalue weighted by Gasteiger charge is -2.27. The molecule has 0 unspecified atom stereocenters. The van der Waals surface area contributed by atoms with E-state index >= 15 is 0 Å². The number of likely N-dealkylation sites (tertiary alicyclic amines) is 1. The Morgan fingerprint density at radius 3 is 2.69 bits per heavy atom. The minimum Gasteiger partial charge on any atom is -0.407 e. The van der Waals surface area contributed by atoms with Crippen molar-refractivity contribution in [1.29, 1.82) is 0 Å². The molecule has 1 saturated heterocycles. The third-order valence-corrected chi connectivity index (χ3v) is 4.06. The van der Waals surface area contributed by atoms with Crippen LogP contribution in [-0.2, 0) is 0 Å². The van der Waals surface area contributed by atoms with Gasteiger partial charge in [0.2, 0.25) is 0 Å². The average Bonchev–Trinajstić information content (AvgIpc) is 2.64. The number of ether oxygens (including phenoxy) is 1. The number of carbonyl (C=O) groups is 1. The van der Waals surface area contributed by atoms with E-state index < -0.39 is 11.9 Å². The second-order valence-electron chi connectivity index (χ2n) is 6.02. The van der Waals surface area contributed by atoms with E-state index in [1.165, 1.54) is 17.7 Å². The highest BCUT2D eigenvalue weighted by Crippen LogP contribution is 2.20. The van der Waals surface area contributed by atoms with Gasteiger partial charge in [-0.1, -0.05) is 29.7 Å². The maximum atomic E-state index is 13.6. The first-order valence-electron chi connectivity index (χ1n) is 8.46. The minimum atomic E-state index is -0.543. The van der Waals surface area contributed by atoms with Crippen LogP contribution in [0.3, 0.4) is 0 Å². The van der Waals surface area contributed by atoms with Crippen LogP contribution in [0, 0.1) is 24.6 Å². The Labute approximate surface area is 152 Å². The second kappa shape index (κ2) is 8.30. The van der Waals surface area contributed by atoms with Crippen molar-refractivity contribution in [2.24, 2.45) is 0 Å². The summed E-state index contributed by atoms with van der Waals surface area (Å²) in [5, 5.41) is 0. The Kier molecular flexibility index (Phi) is 5.65. The van der Waals surface area contributed by atoms with Crippen LogP contribution in [0.15, 0.2) is 54.1 Å². The Morgan fingerprint density at radius 2 is 1.96 bits per heavy atom. The van der Waals surface area contributed by atoms with Crippen molar-refractivity contribution < 1.29 is 13.9 Å². The highest BCUT2D eigenvalue weighted by atomic mass is 19.1. The maximum Gasteiger partial charge on any atom is 0.415 e. The topological polar surface area (TPSA) is 42.4 Å². The van der Waals surface area contributed by atoms with Gasteiger partial charge in [-0.3, -0.25) is 0 Å². The third kappa shape index (κ3) is 4.70. The van der Waals surface area contributed by atoms with Crippen LogP contribution in [-0.4, -0.2) is 29.1 Å². The SMILES string of the molecule is Cc1cccc(C#CC=C2CCN(C(=O)Oc3ccccc3F)CC2)n1. The number of amides is 1. The summed E-state index contributed by atoms with van der Waals surface area (Å²) in [6.45, 7) is 2.99. The Hall–Kier alpha value is -3.13.